The highest BCUT2D eigenvalue weighted by Gasteiger charge is 2.12. The number of nitrogens with zero attached hydrogens (tertiary/aromatic N) is 5. The highest BCUT2D eigenvalue weighted by molar-refractivity contribution is 5.91. The van der Waals surface area contributed by atoms with Gasteiger partial charge in [0, 0.05) is 24.8 Å². The van der Waals surface area contributed by atoms with Crippen LogP contribution in [0.1, 0.15) is 11.1 Å². The Morgan fingerprint density at radius 3 is 2.73 bits per heavy atom. The molecule has 0 atom stereocenters. The van der Waals surface area contributed by atoms with E-state index in [9.17, 15) is 19.7 Å². The molecule has 12 nitrogen and oxygen atoms in total. The Morgan fingerprint density at radius 2 is 1.97 bits per heavy atom. The lowest BCUT2D eigenvalue weighted by molar-refractivity contribution is -0.384. The smallest absolute Gasteiger partial charge is 0.269 e. The maximum Gasteiger partial charge on any atom is 0.269 e. The highest BCUT2D eigenvalue weighted by Crippen LogP contribution is 2.27. The SMILES string of the molecule is COc1ccc(/C=C\C(=O)NCCn2ncc3c(=O)n(Cc4cccc([N+](=O)[O-])c4)cnc32)cc1OC. The average Bonchev–Trinajstić information content (AvgIpc) is 3.32. The van der Waals surface area contributed by atoms with Crippen LogP contribution < -0.4 is 20.3 Å². The summed E-state index contributed by atoms with van der Waals surface area (Å²) in [6.07, 6.45) is 5.87. The molecule has 0 saturated carbocycles. The van der Waals surface area contributed by atoms with Crippen LogP contribution >= 0.6 is 0 Å². The molecule has 37 heavy (non-hydrogen) atoms. The molecular weight excluding hydrogens is 480 g/mol. The van der Waals surface area contributed by atoms with E-state index in [2.05, 4.69) is 15.4 Å². The Bertz CT molecular complexity index is 1540. The summed E-state index contributed by atoms with van der Waals surface area (Å²) < 4.78 is 13.4. The fraction of sp³-hybridized carbons (Fsp3) is 0.200. The summed E-state index contributed by atoms with van der Waals surface area (Å²) in [5.74, 6) is 0.866. The van der Waals surface area contributed by atoms with Gasteiger partial charge in [0.25, 0.3) is 11.2 Å². The Hall–Kier alpha value is -5.00. The van der Waals surface area contributed by atoms with Crippen molar-refractivity contribution in [1.29, 1.82) is 0 Å². The van der Waals surface area contributed by atoms with Crippen molar-refractivity contribution in [2.45, 2.75) is 13.1 Å². The number of carbonyl (C=O) groups is 1. The number of amides is 1. The second-order valence-electron chi connectivity index (χ2n) is 7.95. The van der Waals surface area contributed by atoms with Crippen LogP contribution in [-0.2, 0) is 17.9 Å². The van der Waals surface area contributed by atoms with Crippen LogP contribution in [0.2, 0.25) is 0 Å². The molecule has 0 saturated heterocycles. The lowest BCUT2D eigenvalue weighted by atomic mass is 10.2. The van der Waals surface area contributed by atoms with E-state index in [-0.39, 0.29) is 30.2 Å². The maximum absolute atomic E-state index is 12.9. The molecule has 0 bridgehead atoms. The first kappa shape index (κ1) is 25.1. The van der Waals surface area contributed by atoms with E-state index in [1.54, 1.807) is 50.6 Å². The van der Waals surface area contributed by atoms with Crippen LogP contribution in [0.5, 0.6) is 11.5 Å². The molecule has 2 aromatic heterocycles. The molecule has 1 amide bonds. The summed E-state index contributed by atoms with van der Waals surface area (Å²) in [5, 5.41) is 18.3. The number of nitrogens with one attached hydrogen (secondary N) is 1. The Kier molecular flexibility index (Phi) is 7.57. The maximum atomic E-state index is 12.9. The van der Waals surface area contributed by atoms with Crippen LogP contribution in [0.4, 0.5) is 5.69 Å². The third kappa shape index (κ3) is 5.81. The van der Waals surface area contributed by atoms with Crippen LogP contribution in [0.3, 0.4) is 0 Å². The lowest BCUT2D eigenvalue weighted by Gasteiger charge is -2.08. The number of carbonyl (C=O) groups excluding carboxylic acids is 1. The number of hydrogen-bond donors (Lipinski definition) is 1. The van der Waals surface area contributed by atoms with E-state index in [0.717, 1.165) is 5.56 Å². The standard InChI is InChI=1S/C25H24N6O6/c1-36-21-8-6-17(13-22(21)37-2)7-9-23(32)26-10-11-30-24-20(14-28-30)25(33)29(16-27-24)15-18-4-3-5-19(12-18)31(34)35/h3-9,12-14,16H,10-11,15H2,1-2H3,(H,26,32)/b9-7-. The van der Waals surface area contributed by atoms with Gasteiger partial charge in [-0.2, -0.15) is 5.10 Å². The number of hydrogen-bond acceptors (Lipinski definition) is 8. The van der Waals surface area contributed by atoms with Gasteiger partial charge in [0.1, 0.15) is 11.7 Å². The normalized spacial score (nSPS) is 11.1. The monoisotopic (exact) mass is 504 g/mol. The topological polar surface area (TPSA) is 143 Å². The molecule has 0 fully saturated rings. The number of non-ortho nitro benzene ring substituents is 1. The third-order valence-electron chi connectivity index (χ3n) is 5.55. The van der Waals surface area contributed by atoms with Gasteiger partial charge in [-0.1, -0.05) is 18.2 Å². The predicted molar refractivity (Wildman–Crippen MR) is 136 cm³/mol. The van der Waals surface area contributed by atoms with Crippen molar-refractivity contribution in [1.82, 2.24) is 24.6 Å². The van der Waals surface area contributed by atoms with Gasteiger partial charge < -0.3 is 14.8 Å². The van der Waals surface area contributed by atoms with Gasteiger partial charge in [-0.25, -0.2) is 9.67 Å². The molecule has 0 spiro atoms. The third-order valence-corrected chi connectivity index (χ3v) is 5.55. The van der Waals surface area contributed by atoms with Crippen LogP contribution in [0.15, 0.2) is 65.9 Å². The Labute approximate surface area is 210 Å². The van der Waals surface area contributed by atoms with Crippen LogP contribution in [0.25, 0.3) is 17.1 Å². The molecule has 2 heterocycles. The first-order valence-corrected chi connectivity index (χ1v) is 11.2. The summed E-state index contributed by atoms with van der Waals surface area (Å²) in [7, 11) is 3.09. The number of nitro benzene ring substituents is 1. The molecule has 0 aliphatic heterocycles. The van der Waals surface area contributed by atoms with Gasteiger partial charge in [0.2, 0.25) is 5.91 Å². The van der Waals surface area contributed by atoms with Crippen molar-refractivity contribution in [3.05, 3.63) is 92.7 Å². The zero-order chi connectivity index (χ0) is 26.4. The number of benzene rings is 2. The quantitative estimate of drug-likeness (QED) is 0.197. The van der Waals surface area contributed by atoms with Crippen molar-refractivity contribution in [2.24, 2.45) is 0 Å². The fourth-order valence-corrected chi connectivity index (χ4v) is 3.71. The molecule has 12 heteroatoms. The molecule has 4 rings (SSSR count). The lowest BCUT2D eigenvalue weighted by Crippen LogP contribution is -2.26. The van der Waals surface area contributed by atoms with Crippen molar-refractivity contribution in [3.63, 3.8) is 0 Å². The van der Waals surface area contributed by atoms with E-state index in [0.29, 0.717) is 34.6 Å². The average molecular weight is 505 g/mol. The van der Waals surface area contributed by atoms with E-state index in [4.69, 9.17) is 9.47 Å². The molecule has 4 aromatic rings. The van der Waals surface area contributed by atoms with Gasteiger partial charge in [-0.05, 0) is 29.3 Å². The molecule has 0 radical (unpaired) electrons. The van der Waals surface area contributed by atoms with E-state index in [1.165, 1.54) is 40.0 Å². The summed E-state index contributed by atoms with van der Waals surface area (Å²) >= 11 is 0. The minimum atomic E-state index is -0.484. The summed E-state index contributed by atoms with van der Waals surface area (Å²) in [6, 6.07) is 11.4. The molecule has 2 aromatic carbocycles. The fourth-order valence-electron chi connectivity index (χ4n) is 3.71. The molecule has 0 unspecified atom stereocenters. The van der Waals surface area contributed by atoms with Gasteiger partial charge in [0.15, 0.2) is 17.1 Å². The van der Waals surface area contributed by atoms with Gasteiger partial charge >= 0.3 is 0 Å². The number of aromatic nitrogens is 4. The number of ether oxygens (including phenoxy) is 2. The molecular formula is C25H24N6O6. The Morgan fingerprint density at radius 1 is 1.16 bits per heavy atom. The summed E-state index contributed by atoms with van der Waals surface area (Å²) in [4.78, 5) is 40.0. The van der Waals surface area contributed by atoms with Crippen molar-refractivity contribution < 1.29 is 19.2 Å². The molecule has 1 N–H and O–H groups in total. The largest absolute Gasteiger partial charge is 0.493 e. The van der Waals surface area contributed by atoms with E-state index < -0.39 is 4.92 Å². The van der Waals surface area contributed by atoms with Gasteiger partial charge in [0.05, 0.1) is 38.4 Å². The molecule has 0 aliphatic carbocycles. The first-order chi connectivity index (χ1) is 17.9. The van der Waals surface area contributed by atoms with Crippen molar-refractivity contribution >= 4 is 28.7 Å². The predicted octanol–water partition coefficient (Wildman–Crippen LogP) is 2.40. The highest BCUT2D eigenvalue weighted by atomic mass is 16.6. The van der Waals surface area contributed by atoms with Gasteiger partial charge in [-0.15, -0.1) is 0 Å². The van der Waals surface area contributed by atoms with Crippen molar-refractivity contribution in [2.75, 3.05) is 20.8 Å². The zero-order valence-corrected chi connectivity index (χ0v) is 20.2. The number of nitro groups is 1. The zero-order valence-electron chi connectivity index (χ0n) is 20.2. The molecule has 190 valence electrons. The van der Waals surface area contributed by atoms with Crippen LogP contribution in [-0.4, -0.2) is 50.9 Å². The number of methoxy groups -OCH3 is 2. The summed E-state index contributed by atoms with van der Waals surface area (Å²) in [5.41, 5.74) is 1.40. The first-order valence-electron chi connectivity index (χ1n) is 11.2. The minimum absolute atomic E-state index is 0.0481. The number of fused-ring (bicyclic) bond motifs is 1. The van der Waals surface area contributed by atoms with E-state index in [1.807, 2.05) is 0 Å². The van der Waals surface area contributed by atoms with Gasteiger partial charge in [-0.3, -0.25) is 24.3 Å². The number of rotatable bonds is 10. The van der Waals surface area contributed by atoms with Crippen molar-refractivity contribution in [3.8, 4) is 11.5 Å². The second kappa shape index (κ2) is 11.2. The summed E-state index contributed by atoms with van der Waals surface area (Å²) in [6.45, 7) is 0.711. The van der Waals surface area contributed by atoms with Crippen LogP contribution in [0, 0.1) is 10.1 Å². The minimum Gasteiger partial charge on any atom is -0.493 e. The second-order valence-corrected chi connectivity index (χ2v) is 7.95. The van der Waals surface area contributed by atoms with E-state index >= 15 is 0 Å². The Balaban J connectivity index is 1.38. The molecule has 0 aliphatic rings.